The van der Waals surface area contributed by atoms with Crippen LogP contribution in [0.2, 0.25) is 0 Å². The normalized spacial score (nSPS) is 13.7. The molecule has 7 nitrogen and oxygen atoms in total. The Kier molecular flexibility index (Phi) is 6.40. The number of hydrogen-bond donors (Lipinski definition) is 3. The summed E-state index contributed by atoms with van der Waals surface area (Å²) >= 11 is 0. The highest BCUT2D eigenvalue weighted by molar-refractivity contribution is 5.90. The van der Waals surface area contributed by atoms with Crippen LogP contribution in [0.3, 0.4) is 0 Å². The SMILES string of the molecule is CC(C)C(=O)NC(Cc1c[nH]c2ccccc12)C(=O)NCc1nn(-c2ccccc2)c2c1CCC2. The molecule has 0 radical (unpaired) electrons. The fraction of sp³-hybridized carbons (Fsp3) is 0.321. The molecule has 1 atom stereocenters. The van der Waals surface area contributed by atoms with Crippen molar-refractivity contribution in [3.05, 3.63) is 83.3 Å². The van der Waals surface area contributed by atoms with E-state index < -0.39 is 6.04 Å². The summed E-state index contributed by atoms with van der Waals surface area (Å²) in [6.45, 7) is 3.99. The zero-order chi connectivity index (χ0) is 24.4. The molecule has 0 bridgehead atoms. The number of para-hydroxylation sites is 2. The van der Waals surface area contributed by atoms with Crippen LogP contribution in [-0.2, 0) is 35.4 Å². The minimum atomic E-state index is -0.673. The van der Waals surface area contributed by atoms with E-state index in [1.165, 1.54) is 11.3 Å². The second kappa shape index (κ2) is 9.78. The van der Waals surface area contributed by atoms with Crippen LogP contribution < -0.4 is 10.6 Å². The van der Waals surface area contributed by atoms with E-state index in [1.807, 2.05) is 79.3 Å². The number of nitrogens with zero attached hydrogens (tertiary/aromatic N) is 2. The van der Waals surface area contributed by atoms with Crippen LogP contribution in [0.1, 0.15) is 42.8 Å². The Bertz CT molecular complexity index is 1350. The number of aromatic amines is 1. The molecule has 0 saturated heterocycles. The number of amides is 2. The zero-order valence-corrected chi connectivity index (χ0v) is 20.2. The standard InChI is InChI=1S/C28H31N5O2/c1-18(2)27(34)31-24(15-19-16-29-23-13-7-6-11-21(19)23)28(35)30-17-25-22-12-8-14-26(22)33(32-25)20-9-4-3-5-10-20/h3-7,9-11,13,16,18,24,29H,8,12,14-15,17H2,1-2H3,(H,30,35)(H,31,34). The highest BCUT2D eigenvalue weighted by Gasteiger charge is 2.26. The van der Waals surface area contributed by atoms with Gasteiger partial charge >= 0.3 is 0 Å². The van der Waals surface area contributed by atoms with Gasteiger partial charge in [0.15, 0.2) is 0 Å². The number of carbonyl (C=O) groups is 2. The van der Waals surface area contributed by atoms with Gasteiger partial charge in [-0.2, -0.15) is 5.10 Å². The van der Waals surface area contributed by atoms with Gasteiger partial charge in [0.1, 0.15) is 6.04 Å². The van der Waals surface area contributed by atoms with Crippen molar-refractivity contribution in [2.45, 2.75) is 52.1 Å². The van der Waals surface area contributed by atoms with Gasteiger partial charge in [0.05, 0.1) is 17.9 Å². The van der Waals surface area contributed by atoms with Crippen molar-refractivity contribution in [2.75, 3.05) is 0 Å². The highest BCUT2D eigenvalue weighted by atomic mass is 16.2. The second-order valence-corrected chi connectivity index (χ2v) is 9.47. The quantitative estimate of drug-likeness (QED) is 0.366. The topological polar surface area (TPSA) is 91.8 Å². The molecule has 3 N–H and O–H groups in total. The Labute approximate surface area is 204 Å². The Morgan fingerprint density at radius 2 is 1.80 bits per heavy atom. The van der Waals surface area contributed by atoms with E-state index in [1.54, 1.807) is 0 Å². The Morgan fingerprint density at radius 3 is 2.60 bits per heavy atom. The van der Waals surface area contributed by atoms with Crippen LogP contribution in [-0.4, -0.2) is 32.6 Å². The molecule has 2 aromatic heterocycles. The molecular weight excluding hydrogens is 438 g/mol. The van der Waals surface area contributed by atoms with Gasteiger partial charge in [-0.05, 0) is 48.6 Å². The van der Waals surface area contributed by atoms with Gasteiger partial charge in [-0.3, -0.25) is 9.59 Å². The van der Waals surface area contributed by atoms with E-state index in [0.717, 1.165) is 47.1 Å². The van der Waals surface area contributed by atoms with Crippen molar-refractivity contribution in [1.29, 1.82) is 0 Å². The molecule has 5 rings (SSSR count). The maximum atomic E-state index is 13.3. The van der Waals surface area contributed by atoms with Crippen LogP contribution in [0.4, 0.5) is 0 Å². The lowest BCUT2D eigenvalue weighted by Gasteiger charge is -2.19. The molecule has 1 aliphatic rings. The molecule has 2 amide bonds. The maximum Gasteiger partial charge on any atom is 0.243 e. The third-order valence-corrected chi connectivity index (χ3v) is 6.70. The number of rotatable bonds is 8. The third kappa shape index (κ3) is 4.71. The van der Waals surface area contributed by atoms with Crippen molar-refractivity contribution >= 4 is 22.7 Å². The van der Waals surface area contributed by atoms with Crippen LogP contribution in [0.25, 0.3) is 16.6 Å². The molecule has 0 fully saturated rings. The number of carbonyl (C=O) groups excluding carboxylic acids is 2. The third-order valence-electron chi connectivity index (χ3n) is 6.70. The van der Waals surface area contributed by atoms with E-state index in [4.69, 9.17) is 5.10 Å². The van der Waals surface area contributed by atoms with E-state index >= 15 is 0 Å². The summed E-state index contributed by atoms with van der Waals surface area (Å²) in [7, 11) is 0. The number of hydrogen-bond acceptors (Lipinski definition) is 3. The van der Waals surface area contributed by atoms with Crippen molar-refractivity contribution < 1.29 is 9.59 Å². The Morgan fingerprint density at radius 1 is 1.03 bits per heavy atom. The lowest BCUT2D eigenvalue weighted by Crippen LogP contribution is -2.49. The molecule has 0 spiro atoms. The first-order valence-corrected chi connectivity index (χ1v) is 12.3. The van der Waals surface area contributed by atoms with Crippen LogP contribution in [0.15, 0.2) is 60.8 Å². The van der Waals surface area contributed by atoms with Crippen molar-refractivity contribution in [3.63, 3.8) is 0 Å². The average molecular weight is 470 g/mol. The van der Waals surface area contributed by atoms with Gasteiger partial charge in [-0.1, -0.05) is 50.2 Å². The van der Waals surface area contributed by atoms with Gasteiger partial charge in [0.25, 0.3) is 0 Å². The van der Waals surface area contributed by atoms with Crippen molar-refractivity contribution in [1.82, 2.24) is 25.4 Å². The van der Waals surface area contributed by atoms with Gasteiger partial charge in [0, 0.05) is 35.1 Å². The fourth-order valence-electron chi connectivity index (χ4n) is 4.80. The van der Waals surface area contributed by atoms with E-state index in [0.29, 0.717) is 13.0 Å². The summed E-state index contributed by atoms with van der Waals surface area (Å²) in [5, 5.41) is 11.9. The summed E-state index contributed by atoms with van der Waals surface area (Å²) in [6.07, 6.45) is 5.37. The number of H-pyrrole nitrogens is 1. The lowest BCUT2D eigenvalue weighted by molar-refractivity contribution is -0.130. The van der Waals surface area contributed by atoms with Gasteiger partial charge in [-0.25, -0.2) is 4.68 Å². The van der Waals surface area contributed by atoms with Gasteiger partial charge in [0.2, 0.25) is 11.8 Å². The molecule has 2 heterocycles. The summed E-state index contributed by atoms with van der Waals surface area (Å²) in [6, 6.07) is 17.4. The fourth-order valence-corrected chi connectivity index (χ4v) is 4.80. The summed E-state index contributed by atoms with van der Waals surface area (Å²) in [4.78, 5) is 29.1. The molecule has 2 aromatic carbocycles. The minimum absolute atomic E-state index is 0.140. The summed E-state index contributed by atoms with van der Waals surface area (Å²) < 4.78 is 2.01. The number of aromatic nitrogens is 3. The largest absolute Gasteiger partial charge is 0.361 e. The van der Waals surface area contributed by atoms with E-state index in [-0.39, 0.29) is 17.7 Å². The van der Waals surface area contributed by atoms with Crippen molar-refractivity contribution in [2.24, 2.45) is 5.92 Å². The van der Waals surface area contributed by atoms with E-state index in [9.17, 15) is 9.59 Å². The number of nitrogens with one attached hydrogen (secondary N) is 3. The lowest BCUT2D eigenvalue weighted by atomic mass is 10.0. The molecular formula is C28H31N5O2. The molecule has 35 heavy (non-hydrogen) atoms. The maximum absolute atomic E-state index is 13.3. The van der Waals surface area contributed by atoms with Crippen LogP contribution in [0, 0.1) is 5.92 Å². The van der Waals surface area contributed by atoms with Crippen molar-refractivity contribution in [3.8, 4) is 5.69 Å². The molecule has 7 heteroatoms. The molecule has 1 aliphatic carbocycles. The average Bonchev–Trinajstić information content (AvgIpc) is 3.59. The molecule has 1 unspecified atom stereocenters. The predicted molar refractivity (Wildman–Crippen MR) is 136 cm³/mol. The van der Waals surface area contributed by atoms with E-state index in [2.05, 4.69) is 15.6 Å². The van der Waals surface area contributed by atoms with Gasteiger partial charge < -0.3 is 15.6 Å². The summed E-state index contributed by atoms with van der Waals surface area (Å²) in [5.74, 6) is -0.553. The molecule has 0 saturated carbocycles. The van der Waals surface area contributed by atoms with Crippen LogP contribution in [0.5, 0.6) is 0 Å². The highest BCUT2D eigenvalue weighted by Crippen LogP contribution is 2.28. The second-order valence-electron chi connectivity index (χ2n) is 9.47. The zero-order valence-electron chi connectivity index (χ0n) is 20.2. The Hall–Kier alpha value is -3.87. The number of fused-ring (bicyclic) bond motifs is 2. The molecule has 0 aliphatic heterocycles. The first kappa shape index (κ1) is 22.9. The monoisotopic (exact) mass is 469 g/mol. The first-order chi connectivity index (χ1) is 17.0. The van der Waals surface area contributed by atoms with Crippen LogP contribution >= 0.6 is 0 Å². The molecule has 180 valence electrons. The first-order valence-electron chi connectivity index (χ1n) is 12.3. The predicted octanol–water partition coefficient (Wildman–Crippen LogP) is 3.84. The smallest absolute Gasteiger partial charge is 0.243 e. The van der Waals surface area contributed by atoms with Gasteiger partial charge in [-0.15, -0.1) is 0 Å². The minimum Gasteiger partial charge on any atom is -0.361 e. The Balaban J connectivity index is 1.35. The molecule has 4 aromatic rings. The number of benzene rings is 2. The summed E-state index contributed by atoms with van der Waals surface area (Å²) in [5.41, 5.74) is 6.40.